The first-order valence-corrected chi connectivity index (χ1v) is 10.1. The van der Waals surface area contributed by atoms with Crippen LogP contribution in [-0.4, -0.2) is 47.0 Å². The SMILES string of the molecule is O=C(O)c1ncc2c(n1)CN(C(=O)c1cccc(COc3ccc(-c4ccn[nH]4)nc3)c1)C2. The highest BCUT2D eigenvalue weighted by atomic mass is 16.5. The number of H-pyrrole nitrogens is 1. The third kappa shape index (κ3) is 4.26. The highest BCUT2D eigenvalue weighted by Crippen LogP contribution is 2.23. The number of carboxylic acids is 1. The van der Waals surface area contributed by atoms with Crippen LogP contribution in [0, 0.1) is 0 Å². The van der Waals surface area contributed by atoms with Gasteiger partial charge in [-0.05, 0) is 35.9 Å². The van der Waals surface area contributed by atoms with Crippen LogP contribution in [0.3, 0.4) is 0 Å². The Kier molecular flexibility index (Phi) is 5.23. The topological polar surface area (TPSA) is 134 Å². The van der Waals surface area contributed by atoms with Crippen molar-refractivity contribution in [3.05, 3.63) is 89.3 Å². The number of carbonyl (C=O) groups is 2. The number of carboxylic acid groups (broad SMARTS) is 1. The van der Waals surface area contributed by atoms with Crippen LogP contribution in [0.5, 0.6) is 5.75 Å². The summed E-state index contributed by atoms with van der Waals surface area (Å²) in [6.45, 7) is 0.856. The molecular formula is C23H18N6O4. The fraction of sp³-hybridized carbons (Fsp3) is 0.130. The molecule has 0 fully saturated rings. The number of aromatic nitrogens is 5. The van der Waals surface area contributed by atoms with Crippen LogP contribution in [0.1, 0.15) is 37.8 Å². The summed E-state index contributed by atoms with van der Waals surface area (Å²) in [6, 6.07) is 12.7. The number of hydrogen-bond donors (Lipinski definition) is 2. The summed E-state index contributed by atoms with van der Waals surface area (Å²) in [4.78, 5) is 37.9. The summed E-state index contributed by atoms with van der Waals surface area (Å²) in [5, 5.41) is 15.8. The van der Waals surface area contributed by atoms with Crippen molar-refractivity contribution in [1.29, 1.82) is 0 Å². The summed E-state index contributed by atoms with van der Waals surface area (Å²) in [6.07, 6.45) is 4.77. The smallest absolute Gasteiger partial charge is 0.373 e. The molecule has 1 amide bonds. The number of fused-ring (bicyclic) bond motifs is 1. The van der Waals surface area contributed by atoms with Crippen molar-refractivity contribution in [3.8, 4) is 17.1 Å². The molecule has 33 heavy (non-hydrogen) atoms. The Bertz CT molecular complexity index is 1320. The zero-order valence-corrected chi connectivity index (χ0v) is 17.3. The lowest BCUT2D eigenvalue weighted by atomic mass is 10.1. The molecule has 0 spiro atoms. The monoisotopic (exact) mass is 442 g/mol. The number of rotatable bonds is 6. The van der Waals surface area contributed by atoms with Crippen molar-refractivity contribution >= 4 is 11.9 Å². The Morgan fingerprint density at radius 1 is 1.09 bits per heavy atom. The maximum atomic E-state index is 13.0. The summed E-state index contributed by atoms with van der Waals surface area (Å²) in [5.41, 5.74) is 4.24. The molecular weight excluding hydrogens is 424 g/mol. The molecule has 3 aromatic heterocycles. The van der Waals surface area contributed by atoms with E-state index in [9.17, 15) is 9.59 Å². The van der Waals surface area contributed by atoms with Crippen molar-refractivity contribution < 1.29 is 19.4 Å². The molecule has 0 saturated heterocycles. The van der Waals surface area contributed by atoms with Gasteiger partial charge in [-0.25, -0.2) is 14.8 Å². The third-order valence-corrected chi connectivity index (χ3v) is 5.23. The number of amides is 1. The van der Waals surface area contributed by atoms with Crippen LogP contribution in [0.15, 0.2) is 61.1 Å². The standard InChI is InChI=1S/C23H18N6O4/c30-22(29-11-16-9-25-21(23(31)32)27-20(16)12-29)15-3-1-2-14(8-15)13-33-17-4-5-18(24-10-17)19-6-7-26-28-19/h1-10H,11-13H2,(H,26,28)(H,31,32). The first-order chi connectivity index (χ1) is 16.1. The Labute approximate surface area is 187 Å². The van der Waals surface area contributed by atoms with E-state index in [4.69, 9.17) is 9.84 Å². The lowest BCUT2D eigenvalue weighted by molar-refractivity contribution is 0.0683. The molecule has 1 aromatic carbocycles. The maximum absolute atomic E-state index is 13.0. The van der Waals surface area contributed by atoms with Gasteiger partial charge in [0.15, 0.2) is 0 Å². The van der Waals surface area contributed by atoms with Gasteiger partial charge in [0, 0.05) is 30.1 Å². The second-order valence-corrected chi connectivity index (χ2v) is 7.47. The predicted molar refractivity (Wildman–Crippen MR) is 115 cm³/mol. The molecule has 0 saturated carbocycles. The van der Waals surface area contributed by atoms with Crippen LogP contribution < -0.4 is 4.74 Å². The number of ether oxygens (including phenoxy) is 1. The molecule has 164 valence electrons. The van der Waals surface area contributed by atoms with E-state index in [0.29, 0.717) is 23.6 Å². The van der Waals surface area contributed by atoms with E-state index < -0.39 is 5.97 Å². The number of aromatic carboxylic acids is 1. The minimum Gasteiger partial charge on any atom is -0.487 e. The lowest BCUT2D eigenvalue weighted by Gasteiger charge is -2.15. The molecule has 10 nitrogen and oxygen atoms in total. The van der Waals surface area contributed by atoms with Gasteiger partial charge < -0.3 is 14.7 Å². The molecule has 0 unspecified atom stereocenters. The molecule has 4 heterocycles. The minimum atomic E-state index is -1.19. The average Bonchev–Trinajstić information content (AvgIpc) is 3.52. The number of benzene rings is 1. The van der Waals surface area contributed by atoms with E-state index in [1.807, 2.05) is 24.3 Å². The normalized spacial score (nSPS) is 12.4. The number of pyridine rings is 1. The number of aromatic amines is 1. The first kappa shape index (κ1) is 20.3. The first-order valence-electron chi connectivity index (χ1n) is 10.1. The van der Waals surface area contributed by atoms with Crippen LogP contribution in [0.4, 0.5) is 0 Å². The van der Waals surface area contributed by atoms with Crippen molar-refractivity contribution in [1.82, 2.24) is 30.0 Å². The highest BCUT2D eigenvalue weighted by Gasteiger charge is 2.27. The Hall–Kier alpha value is -4.60. The highest BCUT2D eigenvalue weighted by molar-refractivity contribution is 5.94. The van der Waals surface area contributed by atoms with Crippen LogP contribution in [0.2, 0.25) is 0 Å². The largest absolute Gasteiger partial charge is 0.487 e. The van der Waals surface area contributed by atoms with E-state index in [-0.39, 0.29) is 24.9 Å². The molecule has 1 aliphatic heterocycles. The average molecular weight is 442 g/mol. The minimum absolute atomic E-state index is 0.169. The Morgan fingerprint density at radius 2 is 2.00 bits per heavy atom. The molecule has 10 heteroatoms. The summed E-state index contributed by atoms with van der Waals surface area (Å²) < 4.78 is 5.82. The third-order valence-electron chi connectivity index (χ3n) is 5.23. The van der Waals surface area contributed by atoms with E-state index in [2.05, 4.69) is 25.1 Å². The maximum Gasteiger partial charge on any atom is 0.373 e. The number of nitrogens with one attached hydrogen (secondary N) is 1. The molecule has 5 rings (SSSR count). The number of hydrogen-bond acceptors (Lipinski definition) is 7. The van der Waals surface area contributed by atoms with E-state index in [1.54, 1.807) is 35.5 Å². The summed E-state index contributed by atoms with van der Waals surface area (Å²) in [7, 11) is 0. The van der Waals surface area contributed by atoms with Crippen molar-refractivity contribution in [2.75, 3.05) is 0 Å². The molecule has 1 aliphatic rings. The van der Waals surface area contributed by atoms with Gasteiger partial charge >= 0.3 is 5.97 Å². The van der Waals surface area contributed by atoms with E-state index in [0.717, 1.165) is 22.5 Å². The van der Waals surface area contributed by atoms with Gasteiger partial charge in [-0.15, -0.1) is 0 Å². The van der Waals surface area contributed by atoms with Crippen molar-refractivity contribution in [3.63, 3.8) is 0 Å². The fourth-order valence-corrected chi connectivity index (χ4v) is 3.57. The van der Waals surface area contributed by atoms with Crippen LogP contribution in [-0.2, 0) is 19.7 Å². The predicted octanol–water partition coefficient (Wildman–Crippen LogP) is 2.69. The molecule has 0 atom stereocenters. The second-order valence-electron chi connectivity index (χ2n) is 7.47. The van der Waals surface area contributed by atoms with Crippen LogP contribution >= 0.6 is 0 Å². The van der Waals surface area contributed by atoms with Gasteiger partial charge in [0.25, 0.3) is 5.91 Å². The quantitative estimate of drug-likeness (QED) is 0.465. The zero-order valence-electron chi connectivity index (χ0n) is 17.3. The second kappa shape index (κ2) is 8.50. The fourth-order valence-electron chi connectivity index (χ4n) is 3.57. The van der Waals surface area contributed by atoms with Crippen LogP contribution in [0.25, 0.3) is 11.4 Å². The Morgan fingerprint density at radius 3 is 2.76 bits per heavy atom. The van der Waals surface area contributed by atoms with Gasteiger partial charge in [-0.2, -0.15) is 5.10 Å². The zero-order chi connectivity index (χ0) is 22.8. The van der Waals surface area contributed by atoms with Gasteiger partial charge in [-0.3, -0.25) is 14.9 Å². The number of carbonyl (C=O) groups excluding carboxylic acids is 1. The summed E-state index contributed by atoms with van der Waals surface area (Å²) in [5.74, 6) is -1.02. The number of nitrogens with zero attached hydrogens (tertiary/aromatic N) is 5. The lowest BCUT2D eigenvalue weighted by Crippen LogP contribution is -2.25. The van der Waals surface area contributed by atoms with Crippen molar-refractivity contribution in [2.45, 2.75) is 19.7 Å². The van der Waals surface area contributed by atoms with E-state index in [1.165, 1.54) is 6.20 Å². The van der Waals surface area contributed by atoms with Gasteiger partial charge in [0.05, 0.1) is 29.8 Å². The molecule has 0 aliphatic carbocycles. The summed E-state index contributed by atoms with van der Waals surface area (Å²) >= 11 is 0. The molecule has 2 N–H and O–H groups in total. The Balaban J connectivity index is 1.24. The van der Waals surface area contributed by atoms with E-state index >= 15 is 0 Å². The van der Waals surface area contributed by atoms with Gasteiger partial charge in [-0.1, -0.05) is 12.1 Å². The van der Waals surface area contributed by atoms with Gasteiger partial charge in [0.1, 0.15) is 12.4 Å². The van der Waals surface area contributed by atoms with Crippen molar-refractivity contribution in [2.24, 2.45) is 0 Å². The molecule has 0 radical (unpaired) electrons. The molecule has 0 bridgehead atoms. The molecule has 4 aromatic rings. The van der Waals surface area contributed by atoms with Gasteiger partial charge in [0.2, 0.25) is 5.82 Å².